The van der Waals surface area contributed by atoms with Gasteiger partial charge in [-0.25, -0.2) is 4.79 Å². The van der Waals surface area contributed by atoms with Crippen LogP contribution in [0.1, 0.15) is 82.0 Å². The van der Waals surface area contributed by atoms with Gasteiger partial charge in [0.25, 0.3) is 0 Å². The molecule has 1 aromatic rings. The van der Waals surface area contributed by atoms with Gasteiger partial charge in [0.2, 0.25) is 0 Å². The number of rotatable bonds is 2. The average Bonchev–Trinajstić information content (AvgIpc) is 3.05. The van der Waals surface area contributed by atoms with Gasteiger partial charge in [-0.15, -0.1) is 0 Å². The summed E-state index contributed by atoms with van der Waals surface area (Å²) in [7, 11) is 0. The van der Waals surface area contributed by atoms with Crippen LogP contribution in [0.5, 0.6) is 0 Å². The Morgan fingerprint density at radius 3 is 2.48 bits per heavy atom. The molecule has 0 aromatic heterocycles. The molecule has 4 aliphatic carbocycles. The molecule has 7 atom stereocenters. The molecule has 0 amide bonds. The van der Waals surface area contributed by atoms with Gasteiger partial charge in [-0.2, -0.15) is 0 Å². The number of ether oxygens (including phenoxy) is 1. The van der Waals surface area contributed by atoms with E-state index in [4.69, 9.17) is 4.74 Å². The molecule has 0 heterocycles. The second-order valence-corrected chi connectivity index (χ2v) is 10.8. The summed E-state index contributed by atoms with van der Waals surface area (Å²) in [5.74, 6) is 3.06. The van der Waals surface area contributed by atoms with Crippen LogP contribution in [-0.2, 0) is 9.53 Å². The van der Waals surface area contributed by atoms with Crippen LogP contribution in [0.2, 0.25) is 0 Å². The monoisotopic (exact) mass is 394 g/mol. The number of ketones is 1. The number of esters is 1. The topological polar surface area (TPSA) is 43.4 Å². The average molecular weight is 395 g/mol. The number of Topliss-reactive ketones (excluding diaryl/α,β-unsaturated/α-hetero) is 1. The number of hydrogen-bond acceptors (Lipinski definition) is 3. The number of carbonyl (C=O) groups excluding carboxylic acids is 2. The molecule has 0 spiro atoms. The van der Waals surface area contributed by atoms with Gasteiger partial charge in [0.1, 0.15) is 11.9 Å². The maximum atomic E-state index is 12.7. The zero-order chi connectivity index (χ0) is 20.2. The lowest BCUT2D eigenvalue weighted by atomic mass is 9.45. The van der Waals surface area contributed by atoms with Crippen LogP contribution in [0.25, 0.3) is 0 Å². The van der Waals surface area contributed by atoms with Gasteiger partial charge in [0, 0.05) is 18.3 Å². The zero-order valence-corrected chi connectivity index (χ0v) is 17.9. The summed E-state index contributed by atoms with van der Waals surface area (Å²) < 4.78 is 6.11. The maximum Gasteiger partial charge on any atom is 0.338 e. The van der Waals surface area contributed by atoms with Gasteiger partial charge in [-0.05, 0) is 86.2 Å². The minimum Gasteiger partial charge on any atom is -0.458 e. The van der Waals surface area contributed by atoms with Crippen molar-refractivity contribution >= 4 is 11.8 Å². The molecular formula is C26H34O3. The highest BCUT2D eigenvalue weighted by atomic mass is 16.5. The van der Waals surface area contributed by atoms with Gasteiger partial charge in [-0.1, -0.05) is 32.0 Å². The Morgan fingerprint density at radius 2 is 1.69 bits per heavy atom. The van der Waals surface area contributed by atoms with Crippen molar-refractivity contribution in [2.45, 2.75) is 77.7 Å². The normalized spacial score (nSPS) is 43.8. The largest absolute Gasteiger partial charge is 0.458 e. The Bertz CT molecular complexity index is 801. The molecule has 1 aromatic carbocycles. The highest BCUT2D eigenvalue weighted by Gasteiger charge is 2.61. The van der Waals surface area contributed by atoms with Crippen molar-refractivity contribution in [2.24, 2.45) is 34.5 Å². The Hall–Kier alpha value is -1.64. The summed E-state index contributed by atoms with van der Waals surface area (Å²) in [5, 5.41) is 0. The second-order valence-electron chi connectivity index (χ2n) is 10.8. The van der Waals surface area contributed by atoms with Crippen molar-refractivity contribution in [3.8, 4) is 0 Å². The maximum absolute atomic E-state index is 12.7. The fourth-order valence-electron chi connectivity index (χ4n) is 7.96. The summed E-state index contributed by atoms with van der Waals surface area (Å²) in [6.07, 6.45) is 9.79. The molecule has 0 N–H and O–H groups in total. The Morgan fingerprint density at radius 1 is 0.931 bits per heavy atom. The van der Waals surface area contributed by atoms with Crippen molar-refractivity contribution < 1.29 is 14.3 Å². The highest BCUT2D eigenvalue weighted by Crippen LogP contribution is 2.66. The van der Waals surface area contributed by atoms with Crippen LogP contribution in [0.15, 0.2) is 30.3 Å². The molecule has 0 bridgehead atoms. The molecule has 156 valence electrons. The first-order valence-electron chi connectivity index (χ1n) is 11.7. The van der Waals surface area contributed by atoms with E-state index in [2.05, 4.69) is 13.8 Å². The molecule has 4 aliphatic rings. The van der Waals surface area contributed by atoms with E-state index in [-0.39, 0.29) is 17.5 Å². The third-order valence-electron chi connectivity index (χ3n) is 9.65. The quantitative estimate of drug-likeness (QED) is 0.593. The van der Waals surface area contributed by atoms with Crippen molar-refractivity contribution in [3.63, 3.8) is 0 Å². The van der Waals surface area contributed by atoms with E-state index in [1.165, 1.54) is 25.7 Å². The van der Waals surface area contributed by atoms with Crippen LogP contribution in [0, 0.1) is 34.5 Å². The SMILES string of the molecule is C[C@]12CCC(=O)C[C@@H]1CC[C@H]1[C@H]2CC[C@]2(C)[C@@H](OC(=O)c3ccccc3)CC[C@H]12. The molecule has 29 heavy (non-hydrogen) atoms. The molecule has 3 nitrogen and oxygen atoms in total. The summed E-state index contributed by atoms with van der Waals surface area (Å²) in [4.78, 5) is 24.8. The van der Waals surface area contributed by atoms with Gasteiger partial charge < -0.3 is 4.74 Å². The molecule has 4 saturated carbocycles. The molecule has 0 radical (unpaired) electrons. The summed E-state index contributed by atoms with van der Waals surface area (Å²) >= 11 is 0. The van der Waals surface area contributed by atoms with E-state index in [1.54, 1.807) is 0 Å². The smallest absolute Gasteiger partial charge is 0.338 e. The summed E-state index contributed by atoms with van der Waals surface area (Å²) in [6, 6.07) is 9.42. The van der Waals surface area contributed by atoms with Gasteiger partial charge in [0.05, 0.1) is 5.56 Å². The van der Waals surface area contributed by atoms with E-state index >= 15 is 0 Å². The van der Waals surface area contributed by atoms with Crippen LogP contribution in [0.4, 0.5) is 0 Å². The Labute approximate surface area is 174 Å². The van der Waals surface area contributed by atoms with Gasteiger partial charge in [0.15, 0.2) is 0 Å². The zero-order valence-electron chi connectivity index (χ0n) is 17.9. The van der Waals surface area contributed by atoms with E-state index in [0.717, 1.165) is 43.9 Å². The Balaban J connectivity index is 1.34. The number of fused-ring (bicyclic) bond motifs is 5. The molecule has 0 aliphatic heterocycles. The summed E-state index contributed by atoms with van der Waals surface area (Å²) in [5.41, 5.74) is 1.11. The van der Waals surface area contributed by atoms with E-state index in [0.29, 0.717) is 28.6 Å². The third-order valence-corrected chi connectivity index (χ3v) is 9.65. The van der Waals surface area contributed by atoms with Crippen LogP contribution in [-0.4, -0.2) is 17.9 Å². The fourth-order valence-corrected chi connectivity index (χ4v) is 7.96. The minimum absolute atomic E-state index is 0.0413. The van der Waals surface area contributed by atoms with E-state index < -0.39 is 0 Å². The van der Waals surface area contributed by atoms with Gasteiger partial charge in [-0.3, -0.25) is 4.79 Å². The first-order chi connectivity index (χ1) is 13.9. The lowest BCUT2D eigenvalue weighted by Gasteiger charge is -2.60. The fraction of sp³-hybridized carbons (Fsp3) is 0.692. The van der Waals surface area contributed by atoms with Crippen molar-refractivity contribution in [1.82, 2.24) is 0 Å². The van der Waals surface area contributed by atoms with E-state index in [9.17, 15) is 9.59 Å². The predicted octanol–water partition coefficient (Wildman–Crippen LogP) is 5.82. The Kier molecular flexibility index (Phi) is 4.64. The first-order valence-corrected chi connectivity index (χ1v) is 11.7. The molecule has 3 heteroatoms. The minimum atomic E-state index is -0.166. The van der Waals surface area contributed by atoms with Crippen molar-refractivity contribution in [3.05, 3.63) is 35.9 Å². The molecule has 0 saturated heterocycles. The summed E-state index contributed by atoms with van der Waals surface area (Å²) in [6.45, 7) is 4.88. The van der Waals surface area contributed by atoms with Crippen LogP contribution in [0.3, 0.4) is 0 Å². The highest BCUT2D eigenvalue weighted by molar-refractivity contribution is 5.89. The van der Waals surface area contributed by atoms with E-state index in [1.807, 2.05) is 30.3 Å². The number of benzene rings is 1. The standard InChI is InChI=1S/C26H34O3/c1-25-14-12-19(27)16-18(25)8-9-20-21-10-11-23(26(21,2)15-13-22(20)25)29-24(28)17-6-4-3-5-7-17/h3-7,18,20-23H,8-16H2,1-2H3/t18-,20+,21+,22+,23-,25-,26-/m0/s1. The second kappa shape index (κ2) is 6.96. The molecule has 5 rings (SSSR count). The third kappa shape index (κ3) is 2.99. The van der Waals surface area contributed by atoms with Crippen LogP contribution < -0.4 is 0 Å². The van der Waals surface area contributed by atoms with Crippen molar-refractivity contribution in [1.29, 1.82) is 0 Å². The van der Waals surface area contributed by atoms with Crippen LogP contribution >= 0.6 is 0 Å². The predicted molar refractivity (Wildman–Crippen MR) is 112 cm³/mol. The van der Waals surface area contributed by atoms with Crippen molar-refractivity contribution in [2.75, 3.05) is 0 Å². The molecule has 4 fully saturated rings. The molecule has 0 unspecified atom stereocenters. The number of carbonyl (C=O) groups is 2. The lowest BCUT2D eigenvalue weighted by Crippen LogP contribution is -2.54. The molecular weight excluding hydrogens is 360 g/mol. The lowest BCUT2D eigenvalue weighted by molar-refractivity contribution is -0.142. The first kappa shape index (κ1) is 19.3. The number of hydrogen-bond donors (Lipinski definition) is 0. The van der Waals surface area contributed by atoms with Gasteiger partial charge >= 0.3 is 5.97 Å².